The van der Waals surface area contributed by atoms with Crippen LogP contribution in [0.3, 0.4) is 0 Å². The predicted molar refractivity (Wildman–Crippen MR) is 28.2 cm³/mol. The molecule has 42 valence electrons. The van der Waals surface area contributed by atoms with Gasteiger partial charge >= 0.3 is 0 Å². The van der Waals surface area contributed by atoms with Gasteiger partial charge in [0.15, 0.2) is 0 Å². The lowest BCUT2D eigenvalue weighted by atomic mass is 10.1. The lowest BCUT2D eigenvalue weighted by Gasteiger charge is -2.25. The summed E-state index contributed by atoms with van der Waals surface area (Å²) in [5.74, 6) is 0.796. The second-order valence-electron chi connectivity index (χ2n) is 1.96. The number of rotatable bonds is 2. The van der Waals surface area contributed by atoms with E-state index in [2.05, 4.69) is 5.32 Å². The molecule has 1 saturated heterocycles. The average Bonchev–Trinajstić information content (AvgIpc) is 1.55. The number of nitrogens with one attached hydrogen (secondary N) is 1. The van der Waals surface area contributed by atoms with Crippen molar-refractivity contribution >= 4 is 0 Å². The van der Waals surface area contributed by atoms with Gasteiger partial charge in [0, 0.05) is 12.5 Å². The second-order valence-corrected chi connectivity index (χ2v) is 1.96. The SMILES string of the molecule is CNCC1COC1. The summed E-state index contributed by atoms with van der Waals surface area (Å²) in [4.78, 5) is 0. The van der Waals surface area contributed by atoms with E-state index in [4.69, 9.17) is 4.74 Å². The van der Waals surface area contributed by atoms with Crippen molar-refractivity contribution in [2.75, 3.05) is 26.8 Å². The highest BCUT2D eigenvalue weighted by molar-refractivity contribution is 4.65. The van der Waals surface area contributed by atoms with E-state index in [1.165, 1.54) is 0 Å². The van der Waals surface area contributed by atoms with Gasteiger partial charge in [0.25, 0.3) is 0 Å². The highest BCUT2D eigenvalue weighted by Gasteiger charge is 2.15. The average molecular weight is 101 g/mol. The van der Waals surface area contributed by atoms with Gasteiger partial charge in [-0.25, -0.2) is 0 Å². The molecule has 0 atom stereocenters. The molecule has 0 aromatic heterocycles. The maximum absolute atomic E-state index is 4.95. The summed E-state index contributed by atoms with van der Waals surface area (Å²) in [7, 11) is 1.97. The molecule has 0 aromatic rings. The topological polar surface area (TPSA) is 21.3 Å². The van der Waals surface area contributed by atoms with Crippen LogP contribution in [0.25, 0.3) is 0 Å². The Morgan fingerprint density at radius 3 is 2.57 bits per heavy atom. The van der Waals surface area contributed by atoms with Gasteiger partial charge in [0.2, 0.25) is 0 Å². The van der Waals surface area contributed by atoms with E-state index >= 15 is 0 Å². The van der Waals surface area contributed by atoms with Gasteiger partial charge in [-0.1, -0.05) is 0 Å². The zero-order valence-corrected chi connectivity index (χ0v) is 4.61. The van der Waals surface area contributed by atoms with Crippen LogP contribution >= 0.6 is 0 Å². The Bertz CT molecular complexity index is 52.0. The second kappa shape index (κ2) is 2.28. The fourth-order valence-electron chi connectivity index (χ4n) is 0.691. The molecule has 0 unspecified atom stereocenters. The summed E-state index contributed by atoms with van der Waals surface area (Å²) in [6.45, 7) is 3.03. The molecular formula is C5H11NO. The van der Waals surface area contributed by atoms with Crippen molar-refractivity contribution < 1.29 is 4.74 Å². The van der Waals surface area contributed by atoms with Crippen LogP contribution in [0.5, 0.6) is 0 Å². The van der Waals surface area contributed by atoms with Crippen molar-refractivity contribution in [3.05, 3.63) is 0 Å². The molecule has 0 bridgehead atoms. The largest absolute Gasteiger partial charge is 0.381 e. The maximum atomic E-state index is 4.95. The van der Waals surface area contributed by atoms with Crippen LogP contribution in [0.2, 0.25) is 0 Å². The lowest BCUT2D eigenvalue weighted by molar-refractivity contribution is -0.0298. The van der Waals surface area contributed by atoms with Crippen LogP contribution < -0.4 is 5.32 Å². The van der Waals surface area contributed by atoms with Crippen molar-refractivity contribution in [3.63, 3.8) is 0 Å². The van der Waals surface area contributed by atoms with Crippen LogP contribution in [0.1, 0.15) is 0 Å². The van der Waals surface area contributed by atoms with Gasteiger partial charge in [0.1, 0.15) is 0 Å². The normalized spacial score (nSPS) is 21.9. The monoisotopic (exact) mass is 101 g/mol. The minimum absolute atomic E-state index is 0.796. The minimum atomic E-state index is 0.796. The van der Waals surface area contributed by atoms with Crippen LogP contribution in [0, 0.1) is 5.92 Å². The van der Waals surface area contributed by atoms with Crippen LogP contribution in [-0.2, 0) is 4.74 Å². The van der Waals surface area contributed by atoms with E-state index in [1.54, 1.807) is 0 Å². The van der Waals surface area contributed by atoms with Crippen molar-refractivity contribution in [1.82, 2.24) is 5.32 Å². The molecule has 1 rings (SSSR count). The Balaban J connectivity index is 1.93. The first-order valence-electron chi connectivity index (χ1n) is 2.66. The van der Waals surface area contributed by atoms with Crippen molar-refractivity contribution in [3.8, 4) is 0 Å². The summed E-state index contributed by atoms with van der Waals surface area (Å²) in [5, 5.41) is 3.09. The molecule has 0 amide bonds. The quantitative estimate of drug-likeness (QED) is 0.522. The van der Waals surface area contributed by atoms with Crippen LogP contribution in [-0.4, -0.2) is 26.8 Å². The first-order chi connectivity index (χ1) is 3.43. The molecular weight excluding hydrogens is 90.1 g/mol. The molecule has 1 N–H and O–H groups in total. The van der Waals surface area contributed by atoms with Gasteiger partial charge in [-0.05, 0) is 7.05 Å². The fraction of sp³-hybridized carbons (Fsp3) is 1.00. The van der Waals surface area contributed by atoms with E-state index < -0.39 is 0 Å². The lowest BCUT2D eigenvalue weighted by Crippen LogP contribution is -2.35. The molecule has 0 aliphatic carbocycles. The predicted octanol–water partition coefficient (Wildman–Crippen LogP) is -0.148. The maximum Gasteiger partial charge on any atom is 0.0528 e. The summed E-state index contributed by atoms with van der Waals surface area (Å²) in [6, 6.07) is 0. The molecule has 1 aliphatic rings. The third-order valence-electron chi connectivity index (χ3n) is 1.20. The highest BCUT2D eigenvalue weighted by Crippen LogP contribution is 2.06. The van der Waals surface area contributed by atoms with E-state index in [-0.39, 0.29) is 0 Å². The third-order valence-corrected chi connectivity index (χ3v) is 1.20. The summed E-state index contributed by atoms with van der Waals surface area (Å²) < 4.78 is 4.95. The third kappa shape index (κ3) is 1.14. The zero-order valence-electron chi connectivity index (χ0n) is 4.61. The van der Waals surface area contributed by atoms with Crippen LogP contribution in [0.4, 0.5) is 0 Å². The Hall–Kier alpha value is -0.0800. The molecule has 1 aliphatic heterocycles. The molecule has 1 fully saturated rings. The van der Waals surface area contributed by atoms with E-state index in [0.717, 1.165) is 25.7 Å². The van der Waals surface area contributed by atoms with Gasteiger partial charge < -0.3 is 10.1 Å². The van der Waals surface area contributed by atoms with E-state index in [1.807, 2.05) is 7.05 Å². The first kappa shape index (κ1) is 5.06. The van der Waals surface area contributed by atoms with Crippen LogP contribution in [0.15, 0.2) is 0 Å². The molecule has 0 radical (unpaired) electrons. The number of hydrogen-bond donors (Lipinski definition) is 1. The molecule has 7 heavy (non-hydrogen) atoms. The van der Waals surface area contributed by atoms with Gasteiger partial charge in [0.05, 0.1) is 13.2 Å². The fourth-order valence-corrected chi connectivity index (χ4v) is 0.691. The summed E-state index contributed by atoms with van der Waals surface area (Å²) in [5.41, 5.74) is 0. The Morgan fingerprint density at radius 2 is 2.43 bits per heavy atom. The van der Waals surface area contributed by atoms with Crippen molar-refractivity contribution in [2.45, 2.75) is 0 Å². The molecule has 2 heteroatoms. The first-order valence-corrected chi connectivity index (χ1v) is 2.66. The van der Waals surface area contributed by atoms with Crippen molar-refractivity contribution in [1.29, 1.82) is 0 Å². The van der Waals surface area contributed by atoms with Gasteiger partial charge in [-0.15, -0.1) is 0 Å². The molecule has 0 saturated carbocycles. The van der Waals surface area contributed by atoms with Gasteiger partial charge in [-0.2, -0.15) is 0 Å². The smallest absolute Gasteiger partial charge is 0.0528 e. The number of ether oxygens (including phenoxy) is 1. The zero-order chi connectivity index (χ0) is 5.11. The molecule has 0 aromatic carbocycles. The Kier molecular flexibility index (Phi) is 1.65. The minimum Gasteiger partial charge on any atom is -0.381 e. The number of hydrogen-bond acceptors (Lipinski definition) is 2. The summed E-state index contributed by atoms with van der Waals surface area (Å²) in [6.07, 6.45) is 0. The highest BCUT2D eigenvalue weighted by atomic mass is 16.5. The molecule has 1 heterocycles. The molecule has 2 nitrogen and oxygen atoms in total. The Labute approximate surface area is 43.9 Å². The van der Waals surface area contributed by atoms with Gasteiger partial charge in [-0.3, -0.25) is 0 Å². The summed E-state index contributed by atoms with van der Waals surface area (Å²) >= 11 is 0. The van der Waals surface area contributed by atoms with Crippen molar-refractivity contribution in [2.24, 2.45) is 5.92 Å². The Morgan fingerprint density at radius 1 is 1.71 bits per heavy atom. The van der Waals surface area contributed by atoms with E-state index in [9.17, 15) is 0 Å². The molecule has 0 spiro atoms. The van der Waals surface area contributed by atoms with E-state index in [0.29, 0.717) is 0 Å². The standard InChI is InChI=1S/C5H11NO/c1-6-2-5-3-7-4-5/h5-6H,2-4H2,1H3.